The molecule has 20 heavy (non-hydrogen) atoms. The van der Waals surface area contributed by atoms with Gasteiger partial charge < -0.3 is 14.7 Å². The summed E-state index contributed by atoms with van der Waals surface area (Å²) in [5.74, 6) is 1.25. The van der Waals surface area contributed by atoms with Crippen molar-refractivity contribution in [1.29, 1.82) is 0 Å². The fraction of sp³-hybridized carbons (Fsp3) is 0.294. The average molecular weight is 269 g/mol. The fourth-order valence-corrected chi connectivity index (χ4v) is 2.56. The molecule has 0 radical (unpaired) electrons. The Hall–Kier alpha value is -2.16. The lowest BCUT2D eigenvalue weighted by Gasteiger charge is -2.21. The van der Waals surface area contributed by atoms with Crippen molar-refractivity contribution >= 4 is 11.4 Å². The fourth-order valence-electron chi connectivity index (χ4n) is 2.56. The van der Waals surface area contributed by atoms with Crippen LogP contribution in [-0.2, 0) is 5.41 Å². The summed E-state index contributed by atoms with van der Waals surface area (Å²) in [5, 5.41) is 9.35. The van der Waals surface area contributed by atoms with Gasteiger partial charge in [-0.25, -0.2) is 0 Å². The zero-order chi connectivity index (χ0) is 14.3. The van der Waals surface area contributed by atoms with Gasteiger partial charge >= 0.3 is 0 Å². The Morgan fingerprint density at radius 1 is 1.05 bits per heavy atom. The molecule has 0 unspecified atom stereocenters. The summed E-state index contributed by atoms with van der Waals surface area (Å²) in [6.45, 7) is 5.12. The number of ether oxygens (including phenoxy) is 1. The van der Waals surface area contributed by atoms with E-state index in [1.54, 1.807) is 12.1 Å². The third-order valence-electron chi connectivity index (χ3n) is 3.91. The van der Waals surface area contributed by atoms with Crippen molar-refractivity contribution in [2.75, 3.05) is 18.6 Å². The van der Waals surface area contributed by atoms with Crippen LogP contribution >= 0.6 is 0 Å². The molecule has 3 heteroatoms. The minimum Gasteiger partial charge on any atom is -0.508 e. The normalized spacial score (nSPS) is 15.6. The first kappa shape index (κ1) is 12.9. The highest BCUT2D eigenvalue weighted by Crippen LogP contribution is 2.41. The molecule has 2 aromatic carbocycles. The van der Waals surface area contributed by atoms with Crippen molar-refractivity contribution in [2.24, 2.45) is 0 Å². The van der Waals surface area contributed by atoms with E-state index in [1.807, 2.05) is 19.2 Å². The van der Waals surface area contributed by atoms with Gasteiger partial charge in [-0.3, -0.25) is 0 Å². The predicted molar refractivity (Wildman–Crippen MR) is 81.1 cm³/mol. The van der Waals surface area contributed by atoms with Crippen LogP contribution in [0.4, 0.5) is 11.4 Å². The number of hydrogen-bond donors (Lipinski definition) is 1. The smallest absolute Gasteiger partial charge is 0.125 e. The third kappa shape index (κ3) is 2.09. The molecule has 104 valence electrons. The molecule has 0 bridgehead atoms. The van der Waals surface area contributed by atoms with Crippen LogP contribution in [0, 0.1) is 0 Å². The maximum Gasteiger partial charge on any atom is 0.125 e. The minimum absolute atomic E-state index is 0.0883. The van der Waals surface area contributed by atoms with Crippen LogP contribution < -0.4 is 9.64 Å². The van der Waals surface area contributed by atoms with Gasteiger partial charge in [0.1, 0.15) is 11.5 Å². The van der Waals surface area contributed by atoms with Crippen LogP contribution in [0.1, 0.15) is 19.4 Å². The molecule has 0 amide bonds. The van der Waals surface area contributed by atoms with E-state index in [2.05, 4.69) is 36.9 Å². The van der Waals surface area contributed by atoms with Gasteiger partial charge in [-0.1, -0.05) is 19.9 Å². The molecule has 0 fully saturated rings. The first-order valence-corrected chi connectivity index (χ1v) is 6.77. The van der Waals surface area contributed by atoms with Gasteiger partial charge in [0.25, 0.3) is 0 Å². The van der Waals surface area contributed by atoms with Crippen LogP contribution in [0.2, 0.25) is 0 Å². The Morgan fingerprint density at radius 3 is 2.40 bits per heavy atom. The summed E-state index contributed by atoms with van der Waals surface area (Å²) < 4.78 is 5.79. The first-order chi connectivity index (χ1) is 9.47. The van der Waals surface area contributed by atoms with Crippen molar-refractivity contribution in [3.05, 3.63) is 48.0 Å². The van der Waals surface area contributed by atoms with Crippen molar-refractivity contribution < 1.29 is 9.84 Å². The Labute approximate surface area is 119 Å². The predicted octanol–water partition coefficient (Wildman–Crippen LogP) is 3.83. The zero-order valence-corrected chi connectivity index (χ0v) is 12.1. The van der Waals surface area contributed by atoms with Crippen LogP contribution in [0.3, 0.4) is 0 Å². The van der Waals surface area contributed by atoms with Gasteiger partial charge in [-0.05, 0) is 30.3 Å². The zero-order valence-electron chi connectivity index (χ0n) is 12.1. The highest BCUT2D eigenvalue weighted by molar-refractivity contribution is 5.66. The van der Waals surface area contributed by atoms with Crippen molar-refractivity contribution in [3.63, 3.8) is 0 Å². The van der Waals surface area contributed by atoms with Crippen molar-refractivity contribution in [3.8, 4) is 11.5 Å². The second-order valence-corrected chi connectivity index (χ2v) is 5.93. The summed E-state index contributed by atoms with van der Waals surface area (Å²) in [7, 11) is 2.01. The van der Waals surface area contributed by atoms with Crippen molar-refractivity contribution in [1.82, 2.24) is 0 Å². The highest BCUT2D eigenvalue weighted by atomic mass is 16.5. The molecule has 0 aromatic heterocycles. The van der Waals surface area contributed by atoms with E-state index < -0.39 is 0 Å². The van der Waals surface area contributed by atoms with Gasteiger partial charge in [0.05, 0.1) is 6.61 Å². The van der Waals surface area contributed by atoms with Crippen LogP contribution in [0.25, 0.3) is 0 Å². The van der Waals surface area contributed by atoms with Crippen LogP contribution in [-0.4, -0.2) is 18.8 Å². The number of aromatic hydroxyl groups is 1. The number of phenolic OH excluding ortho intramolecular Hbond substituents is 1. The van der Waals surface area contributed by atoms with E-state index in [-0.39, 0.29) is 11.2 Å². The molecule has 3 nitrogen and oxygen atoms in total. The molecule has 0 saturated carbocycles. The molecule has 1 heterocycles. The topological polar surface area (TPSA) is 32.7 Å². The second kappa shape index (κ2) is 4.44. The van der Waals surface area contributed by atoms with Gasteiger partial charge in [-0.15, -0.1) is 0 Å². The standard InChI is InChI=1S/C17H19NO2/c1-17(2)11-20-16-10-13(6-9-15(16)17)18(3)12-4-7-14(19)8-5-12/h4-10,19H,11H2,1-3H3. The monoisotopic (exact) mass is 269 g/mol. The third-order valence-corrected chi connectivity index (χ3v) is 3.91. The molecule has 0 saturated heterocycles. The molecule has 1 aliphatic rings. The summed E-state index contributed by atoms with van der Waals surface area (Å²) in [5.41, 5.74) is 3.46. The van der Waals surface area contributed by atoms with Crippen LogP contribution in [0.15, 0.2) is 42.5 Å². The molecule has 0 spiro atoms. The molecule has 2 aromatic rings. The summed E-state index contributed by atoms with van der Waals surface area (Å²) in [6.07, 6.45) is 0. The second-order valence-electron chi connectivity index (χ2n) is 5.93. The highest BCUT2D eigenvalue weighted by Gasteiger charge is 2.31. The maximum absolute atomic E-state index is 9.35. The van der Waals surface area contributed by atoms with Gasteiger partial charge in [0.2, 0.25) is 0 Å². The van der Waals surface area contributed by atoms with E-state index in [0.29, 0.717) is 0 Å². The number of benzene rings is 2. The van der Waals surface area contributed by atoms with Gasteiger partial charge in [0.15, 0.2) is 0 Å². The van der Waals surface area contributed by atoms with Crippen molar-refractivity contribution in [2.45, 2.75) is 19.3 Å². The number of fused-ring (bicyclic) bond motifs is 1. The lowest BCUT2D eigenvalue weighted by molar-refractivity contribution is 0.291. The van der Waals surface area contributed by atoms with E-state index in [9.17, 15) is 5.11 Å². The molecule has 0 atom stereocenters. The molecule has 3 rings (SSSR count). The number of rotatable bonds is 2. The van der Waals surface area contributed by atoms with Gasteiger partial charge in [-0.2, -0.15) is 0 Å². The molecule has 1 N–H and O–H groups in total. The maximum atomic E-state index is 9.35. The lowest BCUT2D eigenvalue weighted by Crippen LogP contribution is -2.18. The average Bonchev–Trinajstić information content (AvgIpc) is 2.74. The molecule has 0 aliphatic carbocycles. The Kier molecular flexibility index (Phi) is 2.85. The minimum atomic E-state index is 0.0883. The number of nitrogens with zero attached hydrogens (tertiary/aromatic N) is 1. The van der Waals surface area contributed by atoms with E-state index in [1.165, 1.54) is 5.56 Å². The number of phenols is 1. The Balaban J connectivity index is 1.94. The summed E-state index contributed by atoms with van der Waals surface area (Å²) >= 11 is 0. The Bertz CT molecular complexity index is 632. The van der Waals surface area contributed by atoms with E-state index in [4.69, 9.17) is 4.74 Å². The molecular formula is C17H19NO2. The van der Waals surface area contributed by atoms with E-state index in [0.717, 1.165) is 23.7 Å². The quantitative estimate of drug-likeness (QED) is 0.899. The van der Waals surface area contributed by atoms with Crippen LogP contribution in [0.5, 0.6) is 11.5 Å². The van der Waals surface area contributed by atoms with E-state index >= 15 is 0 Å². The largest absolute Gasteiger partial charge is 0.508 e. The Morgan fingerprint density at radius 2 is 1.70 bits per heavy atom. The SMILES string of the molecule is CN(c1ccc(O)cc1)c1ccc2c(c1)OCC2(C)C. The summed E-state index contributed by atoms with van der Waals surface area (Å²) in [4.78, 5) is 2.08. The number of anilines is 2. The lowest BCUT2D eigenvalue weighted by atomic mass is 9.87. The summed E-state index contributed by atoms with van der Waals surface area (Å²) in [6, 6.07) is 13.5. The molecule has 1 aliphatic heterocycles. The van der Waals surface area contributed by atoms with Gasteiger partial charge in [0, 0.05) is 35.5 Å². The first-order valence-electron chi connectivity index (χ1n) is 6.77. The number of hydrogen-bond acceptors (Lipinski definition) is 3. The molecular weight excluding hydrogens is 250 g/mol.